The molecular formula is C75H144N2O7P+. The first-order valence-corrected chi connectivity index (χ1v) is 38.5. The number of unbranched alkanes of at least 4 members (excludes halogenated alkanes) is 46. The minimum Gasteiger partial charge on any atom is -0.456 e. The average molecular weight is 1220 g/mol. The Morgan fingerprint density at radius 1 is 0.412 bits per heavy atom. The molecule has 0 aromatic carbocycles. The van der Waals surface area contributed by atoms with Crippen LogP contribution in [0.3, 0.4) is 0 Å². The van der Waals surface area contributed by atoms with Crippen molar-refractivity contribution in [3.63, 3.8) is 0 Å². The van der Waals surface area contributed by atoms with Crippen LogP contribution in [-0.4, -0.2) is 74.3 Å². The second kappa shape index (κ2) is 64.9. The topological polar surface area (TPSA) is 111 Å². The van der Waals surface area contributed by atoms with Crippen LogP contribution in [0.15, 0.2) is 48.6 Å². The number of hydrogen-bond acceptors (Lipinski definition) is 6. The molecule has 0 heterocycles. The molecule has 0 spiro atoms. The highest BCUT2D eigenvalue weighted by atomic mass is 31.2. The van der Waals surface area contributed by atoms with Crippen LogP contribution in [-0.2, 0) is 27.9 Å². The molecular weight excluding hydrogens is 1070 g/mol. The van der Waals surface area contributed by atoms with Gasteiger partial charge in [-0.25, -0.2) is 4.57 Å². The maximum absolute atomic E-state index is 13.6. The van der Waals surface area contributed by atoms with E-state index in [2.05, 4.69) is 62.5 Å². The van der Waals surface area contributed by atoms with Crippen LogP contribution in [0, 0.1) is 0 Å². The second-order valence-corrected chi connectivity index (χ2v) is 27.9. The third-order valence-electron chi connectivity index (χ3n) is 16.7. The van der Waals surface area contributed by atoms with Gasteiger partial charge in [-0.15, -0.1) is 0 Å². The third kappa shape index (κ3) is 66.2. The van der Waals surface area contributed by atoms with Crippen molar-refractivity contribution in [2.24, 2.45) is 0 Å². The summed E-state index contributed by atoms with van der Waals surface area (Å²) in [5.41, 5.74) is 0. The number of allylic oxidation sites excluding steroid dienone is 7. The molecule has 0 aromatic rings. The molecule has 0 fully saturated rings. The standard InChI is InChI=1S/C75H143N2O7P/c1-7-10-13-16-19-22-25-28-30-32-34-35-36-37-38-39-40-41-43-44-46-49-52-55-58-61-64-67-74(78)76-72(71-83-85(80,81)82-70-69-77(4,5)6)73(66-63-60-57-54-51-48-27-24-21-18-15-12-9-3)84-75(79)68-65-62-59-56-53-50-47-45-42-33-31-29-26-23-20-17-14-11-8-2/h20,23,28-31,63,66,72-73H,7-19,21-22,24-27,32-62,64-65,67-71H2,1-6H3,(H-,76,78,80,81)/p+1/b23-20-,30-28+,31-29-,66-63-. The lowest BCUT2D eigenvalue weighted by Gasteiger charge is -2.27. The molecule has 10 heteroatoms. The second-order valence-electron chi connectivity index (χ2n) is 26.5. The van der Waals surface area contributed by atoms with E-state index in [-0.39, 0.29) is 31.5 Å². The van der Waals surface area contributed by atoms with E-state index in [0.29, 0.717) is 17.4 Å². The number of nitrogens with one attached hydrogen (secondary N) is 1. The Morgan fingerprint density at radius 2 is 0.718 bits per heavy atom. The number of quaternary nitrogens is 1. The van der Waals surface area contributed by atoms with Crippen LogP contribution >= 0.6 is 7.82 Å². The van der Waals surface area contributed by atoms with E-state index in [4.69, 9.17) is 13.8 Å². The Kier molecular flexibility index (Phi) is 63.4. The monoisotopic (exact) mass is 1220 g/mol. The predicted molar refractivity (Wildman–Crippen MR) is 369 cm³/mol. The Morgan fingerprint density at radius 3 is 1.09 bits per heavy atom. The molecule has 500 valence electrons. The normalized spacial score (nSPS) is 13.7. The summed E-state index contributed by atoms with van der Waals surface area (Å²) in [5.74, 6) is -0.492. The summed E-state index contributed by atoms with van der Waals surface area (Å²) in [6.45, 7) is 7.04. The summed E-state index contributed by atoms with van der Waals surface area (Å²) in [6.07, 6.45) is 82.7. The Bertz CT molecular complexity index is 1590. The lowest BCUT2D eigenvalue weighted by molar-refractivity contribution is -0.870. The van der Waals surface area contributed by atoms with E-state index in [0.717, 1.165) is 64.2 Å². The number of phosphoric ester groups is 1. The van der Waals surface area contributed by atoms with Crippen LogP contribution in [0.2, 0.25) is 0 Å². The molecule has 85 heavy (non-hydrogen) atoms. The SMILES string of the molecule is CCCCC/C=C\C/C=C\CCCCCCCCCCCC(=O)OC(/C=C\CCCCCCCCCCCCC)C(COP(=O)(O)OCC[N+](C)(C)C)NC(=O)CCCCCCCCCCCCCCCCCCC/C=C/CCCCCCCC. The molecule has 0 aliphatic heterocycles. The zero-order valence-electron chi connectivity index (χ0n) is 57.4. The number of nitrogens with zero attached hydrogens (tertiary/aromatic N) is 1. The van der Waals surface area contributed by atoms with E-state index >= 15 is 0 Å². The molecule has 0 saturated carbocycles. The molecule has 0 aliphatic rings. The number of rotatable bonds is 68. The summed E-state index contributed by atoms with van der Waals surface area (Å²) in [5, 5.41) is 3.08. The Hall–Kier alpha value is -2.03. The van der Waals surface area contributed by atoms with Gasteiger partial charge in [0.1, 0.15) is 19.3 Å². The molecule has 2 N–H and O–H groups in total. The van der Waals surface area contributed by atoms with Crippen LogP contribution in [0.25, 0.3) is 0 Å². The zero-order valence-corrected chi connectivity index (χ0v) is 58.3. The fourth-order valence-corrected chi connectivity index (χ4v) is 11.8. The van der Waals surface area contributed by atoms with Crippen molar-refractivity contribution in [3.05, 3.63) is 48.6 Å². The number of likely N-dealkylation sites (N-methyl/N-ethyl adjacent to an activating group) is 1. The number of amides is 1. The highest BCUT2D eigenvalue weighted by Gasteiger charge is 2.30. The molecule has 9 nitrogen and oxygen atoms in total. The maximum atomic E-state index is 13.6. The fraction of sp³-hybridized carbons (Fsp3) is 0.867. The van der Waals surface area contributed by atoms with Gasteiger partial charge in [-0.2, -0.15) is 0 Å². The number of phosphoric acid groups is 1. The van der Waals surface area contributed by atoms with E-state index in [9.17, 15) is 19.0 Å². The van der Waals surface area contributed by atoms with Crippen molar-refractivity contribution in [2.45, 2.75) is 380 Å². The first-order chi connectivity index (χ1) is 41.4. The molecule has 0 radical (unpaired) electrons. The van der Waals surface area contributed by atoms with Gasteiger partial charge >= 0.3 is 13.8 Å². The van der Waals surface area contributed by atoms with E-state index in [1.165, 1.54) is 270 Å². The van der Waals surface area contributed by atoms with Gasteiger partial charge in [0.25, 0.3) is 0 Å². The van der Waals surface area contributed by atoms with Crippen molar-refractivity contribution in [3.8, 4) is 0 Å². The summed E-state index contributed by atoms with van der Waals surface area (Å²) < 4.78 is 30.9. The number of carbonyl (C=O) groups is 2. The van der Waals surface area contributed by atoms with Gasteiger partial charge in [0, 0.05) is 12.8 Å². The minimum absolute atomic E-state index is 0.0412. The number of esters is 1. The largest absolute Gasteiger partial charge is 0.472 e. The first-order valence-electron chi connectivity index (χ1n) is 37.0. The van der Waals surface area contributed by atoms with Gasteiger partial charge < -0.3 is 19.4 Å². The quantitative estimate of drug-likeness (QED) is 0.0205. The summed E-state index contributed by atoms with van der Waals surface area (Å²) in [6, 6.07) is -0.849. The van der Waals surface area contributed by atoms with E-state index < -0.39 is 20.0 Å². The molecule has 0 saturated heterocycles. The van der Waals surface area contributed by atoms with Gasteiger partial charge in [-0.05, 0) is 89.5 Å². The highest BCUT2D eigenvalue weighted by Crippen LogP contribution is 2.43. The lowest BCUT2D eigenvalue weighted by Crippen LogP contribution is -2.47. The molecule has 0 rings (SSSR count). The lowest BCUT2D eigenvalue weighted by atomic mass is 10.0. The number of ether oxygens (including phenoxy) is 1. The Labute approximate surface area is 529 Å². The average Bonchev–Trinajstić information content (AvgIpc) is 3.50. The molecule has 1 amide bonds. The highest BCUT2D eigenvalue weighted by molar-refractivity contribution is 7.47. The number of carbonyl (C=O) groups excluding carboxylic acids is 2. The van der Waals surface area contributed by atoms with Crippen molar-refractivity contribution < 1.29 is 37.3 Å². The fourth-order valence-electron chi connectivity index (χ4n) is 11.0. The van der Waals surface area contributed by atoms with Crippen molar-refractivity contribution in [1.82, 2.24) is 5.32 Å². The van der Waals surface area contributed by atoms with E-state index in [1.807, 2.05) is 33.3 Å². The maximum Gasteiger partial charge on any atom is 0.472 e. The van der Waals surface area contributed by atoms with Gasteiger partial charge in [-0.1, -0.05) is 314 Å². The number of hydrogen-bond donors (Lipinski definition) is 2. The summed E-state index contributed by atoms with van der Waals surface area (Å²) in [7, 11) is 1.51. The van der Waals surface area contributed by atoms with Crippen LogP contribution in [0.4, 0.5) is 0 Å². The van der Waals surface area contributed by atoms with Crippen LogP contribution in [0.1, 0.15) is 367 Å². The molecule has 0 aliphatic carbocycles. The smallest absolute Gasteiger partial charge is 0.456 e. The minimum atomic E-state index is -4.45. The summed E-state index contributed by atoms with van der Waals surface area (Å²) in [4.78, 5) is 37.9. The van der Waals surface area contributed by atoms with Crippen molar-refractivity contribution in [1.29, 1.82) is 0 Å². The molecule has 3 unspecified atom stereocenters. The molecule has 0 bridgehead atoms. The van der Waals surface area contributed by atoms with Crippen molar-refractivity contribution >= 4 is 19.7 Å². The summed E-state index contributed by atoms with van der Waals surface area (Å²) >= 11 is 0. The van der Waals surface area contributed by atoms with Gasteiger partial charge in [0.15, 0.2) is 0 Å². The molecule has 0 aromatic heterocycles. The van der Waals surface area contributed by atoms with Gasteiger partial charge in [0.05, 0.1) is 33.8 Å². The third-order valence-corrected chi connectivity index (χ3v) is 17.7. The molecule has 3 atom stereocenters. The van der Waals surface area contributed by atoms with Crippen LogP contribution in [0.5, 0.6) is 0 Å². The Balaban J connectivity index is 5.01. The van der Waals surface area contributed by atoms with Crippen molar-refractivity contribution in [2.75, 3.05) is 40.9 Å². The predicted octanol–water partition coefficient (Wildman–Crippen LogP) is 23.6. The van der Waals surface area contributed by atoms with Gasteiger partial charge in [-0.3, -0.25) is 18.6 Å². The zero-order chi connectivity index (χ0) is 62.1. The van der Waals surface area contributed by atoms with Gasteiger partial charge in [0.2, 0.25) is 5.91 Å². The first kappa shape index (κ1) is 83.0. The van der Waals surface area contributed by atoms with Crippen LogP contribution < -0.4 is 5.32 Å². The van der Waals surface area contributed by atoms with E-state index in [1.54, 1.807) is 0 Å².